The Morgan fingerprint density at radius 3 is 2.48 bits per heavy atom. The van der Waals surface area contributed by atoms with E-state index < -0.39 is 0 Å². The van der Waals surface area contributed by atoms with Crippen molar-refractivity contribution in [3.8, 4) is 0 Å². The average molecular weight is 288 g/mol. The molecule has 0 aliphatic carbocycles. The van der Waals surface area contributed by atoms with Gasteiger partial charge in [0.1, 0.15) is 5.82 Å². The van der Waals surface area contributed by atoms with Gasteiger partial charge in [0, 0.05) is 38.3 Å². The van der Waals surface area contributed by atoms with Crippen molar-refractivity contribution in [1.82, 2.24) is 15.1 Å². The lowest BCUT2D eigenvalue weighted by atomic mass is 10.1. The SMILES string of the molecule is Cc1n[nH]c(C)c1N1CCN(Cc2ccccc2F)CC1. The van der Waals surface area contributed by atoms with Crippen LogP contribution in [-0.2, 0) is 6.54 Å². The van der Waals surface area contributed by atoms with Crippen molar-refractivity contribution in [3.63, 3.8) is 0 Å². The number of piperazine rings is 1. The van der Waals surface area contributed by atoms with Crippen molar-refractivity contribution < 1.29 is 4.39 Å². The molecule has 0 bridgehead atoms. The molecule has 0 amide bonds. The van der Waals surface area contributed by atoms with E-state index in [1.807, 2.05) is 19.1 Å². The first kappa shape index (κ1) is 14.1. The standard InChI is InChI=1S/C16H21FN4/c1-12-16(13(2)19-18-12)21-9-7-20(8-10-21)11-14-5-3-4-6-15(14)17/h3-6H,7-11H2,1-2H3,(H,18,19). The number of rotatable bonds is 3. The third kappa shape index (κ3) is 2.93. The molecule has 112 valence electrons. The van der Waals surface area contributed by atoms with E-state index in [1.165, 1.54) is 11.8 Å². The molecule has 0 atom stereocenters. The summed E-state index contributed by atoms with van der Waals surface area (Å²) < 4.78 is 13.7. The molecule has 0 spiro atoms. The number of H-pyrrole nitrogens is 1. The lowest BCUT2D eigenvalue weighted by Crippen LogP contribution is -2.46. The van der Waals surface area contributed by atoms with E-state index in [4.69, 9.17) is 0 Å². The second-order valence-corrected chi connectivity index (χ2v) is 5.64. The molecule has 1 N–H and O–H groups in total. The molecular weight excluding hydrogens is 267 g/mol. The molecule has 1 aliphatic heterocycles. The Bertz CT molecular complexity index is 595. The number of aromatic nitrogens is 2. The van der Waals surface area contributed by atoms with Gasteiger partial charge in [0.2, 0.25) is 0 Å². The highest BCUT2D eigenvalue weighted by atomic mass is 19.1. The lowest BCUT2D eigenvalue weighted by Gasteiger charge is -2.36. The van der Waals surface area contributed by atoms with Gasteiger partial charge in [0.25, 0.3) is 0 Å². The van der Waals surface area contributed by atoms with Gasteiger partial charge in [-0.3, -0.25) is 10.00 Å². The molecule has 1 aromatic carbocycles. The predicted octanol–water partition coefficient (Wildman–Crippen LogP) is 2.49. The van der Waals surface area contributed by atoms with Crippen LogP contribution in [0.25, 0.3) is 0 Å². The van der Waals surface area contributed by atoms with Crippen LogP contribution >= 0.6 is 0 Å². The van der Waals surface area contributed by atoms with Crippen LogP contribution in [0.15, 0.2) is 24.3 Å². The maximum absolute atomic E-state index is 13.7. The number of nitrogens with one attached hydrogen (secondary N) is 1. The first-order valence-electron chi connectivity index (χ1n) is 7.37. The molecule has 1 aromatic heterocycles. The topological polar surface area (TPSA) is 35.2 Å². The molecule has 0 saturated carbocycles. The van der Waals surface area contributed by atoms with E-state index in [-0.39, 0.29) is 5.82 Å². The maximum atomic E-state index is 13.7. The number of nitrogens with zero attached hydrogens (tertiary/aromatic N) is 3. The normalized spacial score (nSPS) is 16.4. The molecule has 0 radical (unpaired) electrons. The Morgan fingerprint density at radius 1 is 1.14 bits per heavy atom. The fraction of sp³-hybridized carbons (Fsp3) is 0.438. The highest BCUT2D eigenvalue weighted by Crippen LogP contribution is 2.23. The first-order chi connectivity index (χ1) is 10.1. The molecule has 1 aliphatic rings. The number of aromatic amines is 1. The Balaban J connectivity index is 1.62. The van der Waals surface area contributed by atoms with Crippen LogP contribution in [0.1, 0.15) is 17.0 Å². The Morgan fingerprint density at radius 2 is 1.86 bits per heavy atom. The third-order valence-electron chi connectivity index (χ3n) is 4.13. The van der Waals surface area contributed by atoms with Crippen LogP contribution in [0.2, 0.25) is 0 Å². The maximum Gasteiger partial charge on any atom is 0.127 e. The van der Waals surface area contributed by atoms with Gasteiger partial charge in [-0.2, -0.15) is 5.10 Å². The lowest BCUT2D eigenvalue weighted by molar-refractivity contribution is 0.246. The van der Waals surface area contributed by atoms with Gasteiger partial charge in [0.05, 0.1) is 17.1 Å². The minimum Gasteiger partial charge on any atom is -0.366 e. The summed E-state index contributed by atoms with van der Waals surface area (Å²) in [5, 5.41) is 7.30. The van der Waals surface area contributed by atoms with Crippen LogP contribution in [0.5, 0.6) is 0 Å². The van der Waals surface area contributed by atoms with E-state index >= 15 is 0 Å². The van der Waals surface area contributed by atoms with E-state index in [1.54, 1.807) is 6.07 Å². The fourth-order valence-electron chi connectivity index (χ4n) is 3.01. The van der Waals surface area contributed by atoms with Gasteiger partial charge in [0.15, 0.2) is 0 Å². The molecular formula is C16H21FN4. The van der Waals surface area contributed by atoms with Crippen LogP contribution < -0.4 is 4.90 Å². The second kappa shape index (κ2) is 5.85. The van der Waals surface area contributed by atoms with Gasteiger partial charge in [-0.05, 0) is 19.9 Å². The van der Waals surface area contributed by atoms with Crippen LogP contribution in [-0.4, -0.2) is 41.3 Å². The molecule has 4 nitrogen and oxygen atoms in total. The quantitative estimate of drug-likeness (QED) is 0.942. The zero-order valence-corrected chi connectivity index (χ0v) is 12.6. The average Bonchev–Trinajstić information content (AvgIpc) is 2.82. The number of hydrogen-bond acceptors (Lipinski definition) is 3. The van der Waals surface area contributed by atoms with Crippen molar-refractivity contribution in [1.29, 1.82) is 0 Å². The van der Waals surface area contributed by atoms with Crippen molar-refractivity contribution in [2.75, 3.05) is 31.1 Å². The second-order valence-electron chi connectivity index (χ2n) is 5.64. The summed E-state index contributed by atoms with van der Waals surface area (Å²) >= 11 is 0. The number of aryl methyl sites for hydroxylation is 2. The summed E-state index contributed by atoms with van der Waals surface area (Å²) in [5.41, 5.74) is 4.17. The molecule has 21 heavy (non-hydrogen) atoms. The Kier molecular flexibility index (Phi) is 3.92. The molecule has 3 rings (SSSR count). The monoisotopic (exact) mass is 288 g/mol. The van der Waals surface area contributed by atoms with Gasteiger partial charge in [-0.15, -0.1) is 0 Å². The Labute approximate surface area is 124 Å². The smallest absolute Gasteiger partial charge is 0.127 e. The van der Waals surface area contributed by atoms with Crippen LogP contribution in [0.4, 0.5) is 10.1 Å². The summed E-state index contributed by atoms with van der Waals surface area (Å²) in [5.74, 6) is -0.110. The van der Waals surface area contributed by atoms with Crippen molar-refractivity contribution in [3.05, 3.63) is 47.0 Å². The molecule has 2 aromatic rings. The number of hydrogen-bond donors (Lipinski definition) is 1. The molecule has 5 heteroatoms. The fourth-order valence-corrected chi connectivity index (χ4v) is 3.01. The van der Waals surface area contributed by atoms with Gasteiger partial charge >= 0.3 is 0 Å². The zero-order chi connectivity index (χ0) is 14.8. The van der Waals surface area contributed by atoms with E-state index in [9.17, 15) is 4.39 Å². The Hall–Kier alpha value is -1.88. The first-order valence-corrected chi connectivity index (χ1v) is 7.37. The summed E-state index contributed by atoms with van der Waals surface area (Å²) in [6.45, 7) is 8.57. The highest BCUT2D eigenvalue weighted by molar-refractivity contribution is 5.54. The largest absolute Gasteiger partial charge is 0.366 e. The van der Waals surface area contributed by atoms with Crippen LogP contribution in [0.3, 0.4) is 0 Å². The van der Waals surface area contributed by atoms with Gasteiger partial charge in [-0.1, -0.05) is 18.2 Å². The number of benzene rings is 1. The van der Waals surface area contributed by atoms with Crippen molar-refractivity contribution in [2.24, 2.45) is 0 Å². The third-order valence-corrected chi connectivity index (χ3v) is 4.13. The minimum atomic E-state index is -0.110. The molecule has 1 saturated heterocycles. The summed E-state index contributed by atoms with van der Waals surface area (Å²) in [6, 6.07) is 7.03. The van der Waals surface area contributed by atoms with E-state index in [2.05, 4.69) is 26.9 Å². The summed E-state index contributed by atoms with van der Waals surface area (Å²) in [6.07, 6.45) is 0. The van der Waals surface area contributed by atoms with Crippen LogP contribution in [0, 0.1) is 19.7 Å². The molecule has 1 fully saturated rings. The summed E-state index contributed by atoms with van der Waals surface area (Å²) in [4.78, 5) is 4.67. The molecule has 0 unspecified atom stereocenters. The highest BCUT2D eigenvalue weighted by Gasteiger charge is 2.21. The van der Waals surface area contributed by atoms with Gasteiger partial charge < -0.3 is 4.90 Å². The number of anilines is 1. The van der Waals surface area contributed by atoms with E-state index in [0.29, 0.717) is 6.54 Å². The van der Waals surface area contributed by atoms with E-state index in [0.717, 1.165) is 43.1 Å². The van der Waals surface area contributed by atoms with Crippen molar-refractivity contribution >= 4 is 5.69 Å². The van der Waals surface area contributed by atoms with Gasteiger partial charge in [-0.25, -0.2) is 4.39 Å². The molecule has 2 heterocycles. The summed E-state index contributed by atoms with van der Waals surface area (Å²) in [7, 11) is 0. The number of halogens is 1. The minimum absolute atomic E-state index is 0.110. The predicted molar refractivity (Wildman–Crippen MR) is 82.0 cm³/mol. The van der Waals surface area contributed by atoms with Crippen molar-refractivity contribution in [2.45, 2.75) is 20.4 Å². The zero-order valence-electron chi connectivity index (χ0n) is 12.6.